The molecule has 0 atom stereocenters. The minimum Gasteiger partial charge on any atom is -0.512 e. The SMILES string of the molecule is CCC(CC)C(=O)/C=C(\O)C(CC)CC.Cc1ccc2c3c([c-]cc2c1)-c1nccc2oc4c(-c5ccccc5)ccc(c4c12)C3(C)C.[Ir]. The minimum absolute atomic E-state index is 0. The molecule has 0 amide bonds. The number of furan rings is 1. The van der Waals surface area contributed by atoms with Crippen molar-refractivity contribution in [3.05, 3.63) is 114 Å². The third-order valence-electron chi connectivity index (χ3n) is 10.3. The molecule has 49 heavy (non-hydrogen) atoms. The summed E-state index contributed by atoms with van der Waals surface area (Å²) in [6.45, 7) is 14.9. The molecule has 0 aliphatic heterocycles. The van der Waals surface area contributed by atoms with E-state index in [0.717, 1.165) is 64.6 Å². The van der Waals surface area contributed by atoms with Gasteiger partial charge in [-0.15, -0.1) is 23.3 Å². The van der Waals surface area contributed by atoms with Crippen molar-refractivity contribution in [1.82, 2.24) is 4.98 Å². The van der Waals surface area contributed by atoms with Crippen molar-refractivity contribution >= 4 is 38.5 Å². The number of hydrogen-bond donors (Lipinski definition) is 1. The Hall–Kier alpha value is -4.05. The molecule has 4 nitrogen and oxygen atoms in total. The number of aromatic nitrogens is 1. The normalized spacial score (nSPS) is 13.4. The van der Waals surface area contributed by atoms with Crippen LogP contribution in [0.4, 0.5) is 0 Å². The number of rotatable bonds is 8. The summed E-state index contributed by atoms with van der Waals surface area (Å²) in [5.41, 5.74) is 9.66. The average Bonchev–Trinajstić information content (AvgIpc) is 3.45. The molecule has 1 aliphatic carbocycles. The maximum absolute atomic E-state index is 11.7. The molecule has 1 N–H and O–H groups in total. The second-order valence-electron chi connectivity index (χ2n) is 13.6. The van der Waals surface area contributed by atoms with Gasteiger partial charge in [0, 0.05) is 60.5 Å². The van der Waals surface area contributed by atoms with Crippen LogP contribution < -0.4 is 0 Å². The summed E-state index contributed by atoms with van der Waals surface area (Å²) in [7, 11) is 0. The average molecular weight is 829 g/mol. The predicted molar refractivity (Wildman–Crippen MR) is 199 cm³/mol. The smallest absolute Gasteiger partial charge is 0.162 e. The van der Waals surface area contributed by atoms with Gasteiger partial charge in [-0.05, 0) is 60.9 Å². The molecule has 0 bridgehead atoms. The van der Waals surface area contributed by atoms with E-state index in [1.165, 1.54) is 38.9 Å². The van der Waals surface area contributed by atoms with Gasteiger partial charge in [0.15, 0.2) is 5.78 Å². The number of carbonyl (C=O) groups excluding carboxylic acids is 1. The third kappa shape index (κ3) is 6.52. The molecule has 0 spiro atoms. The van der Waals surface area contributed by atoms with E-state index < -0.39 is 0 Å². The van der Waals surface area contributed by atoms with E-state index in [1.807, 2.05) is 46.0 Å². The molecule has 0 saturated carbocycles. The summed E-state index contributed by atoms with van der Waals surface area (Å²) in [6.07, 6.45) is 6.76. The van der Waals surface area contributed by atoms with Crippen LogP contribution in [-0.2, 0) is 30.3 Å². The number of aliphatic hydroxyl groups is 1. The van der Waals surface area contributed by atoms with Crippen molar-refractivity contribution < 1.29 is 34.4 Å². The molecule has 7 rings (SSSR count). The van der Waals surface area contributed by atoms with Crippen LogP contribution in [0.3, 0.4) is 0 Å². The molecule has 0 unspecified atom stereocenters. The first kappa shape index (κ1) is 36.2. The number of pyridine rings is 1. The molecule has 1 radical (unpaired) electrons. The van der Waals surface area contributed by atoms with Gasteiger partial charge in [-0.25, -0.2) is 0 Å². The molecule has 0 fully saturated rings. The summed E-state index contributed by atoms with van der Waals surface area (Å²) in [6, 6.07) is 29.4. The topological polar surface area (TPSA) is 63.3 Å². The Bertz CT molecular complexity index is 2150. The van der Waals surface area contributed by atoms with Crippen molar-refractivity contribution in [3.63, 3.8) is 0 Å². The molecule has 1 aliphatic rings. The largest absolute Gasteiger partial charge is 0.512 e. The van der Waals surface area contributed by atoms with Gasteiger partial charge in [-0.1, -0.05) is 119 Å². The fourth-order valence-electron chi connectivity index (χ4n) is 7.51. The minimum atomic E-state index is -0.258. The summed E-state index contributed by atoms with van der Waals surface area (Å²) >= 11 is 0. The summed E-state index contributed by atoms with van der Waals surface area (Å²) in [4.78, 5) is 16.6. The molecular formula is C44H46IrNO3-. The van der Waals surface area contributed by atoms with Crippen LogP contribution in [0, 0.1) is 24.8 Å². The van der Waals surface area contributed by atoms with E-state index in [0.29, 0.717) is 0 Å². The molecular weight excluding hydrogens is 783 g/mol. The van der Waals surface area contributed by atoms with Gasteiger partial charge in [0.05, 0.1) is 5.76 Å². The van der Waals surface area contributed by atoms with Crippen LogP contribution in [0.15, 0.2) is 95.2 Å². The van der Waals surface area contributed by atoms with Gasteiger partial charge in [-0.2, -0.15) is 0 Å². The van der Waals surface area contributed by atoms with E-state index in [2.05, 4.69) is 87.5 Å². The maximum atomic E-state index is 11.7. The van der Waals surface area contributed by atoms with Gasteiger partial charge in [0.25, 0.3) is 0 Å². The van der Waals surface area contributed by atoms with Gasteiger partial charge < -0.3 is 14.5 Å². The molecule has 5 heteroatoms. The van der Waals surface area contributed by atoms with Crippen molar-refractivity contribution in [2.45, 2.75) is 79.6 Å². The Morgan fingerprint density at radius 1 is 0.918 bits per heavy atom. The van der Waals surface area contributed by atoms with Crippen LogP contribution >= 0.6 is 0 Å². The number of aryl methyl sites for hydroxylation is 1. The Morgan fingerprint density at radius 3 is 2.29 bits per heavy atom. The van der Waals surface area contributed by atoms with Crippen LogP contribution in [-0.4, -0.2) is 15.9 Å². The quantitative estimate of drug-likeness (QED) is 0.0943. The zero-order valence-electron chi connectivity index (χ0n) is 29.6. The van der Waals surface area contributed by atoms with E-state index in [-0.39, 0.29) is 48.9 Å². The number of allylic oxidation sites excluding steroid dienone is 2. The molecule has 4 aromatic carbocycles. The summed E-state index contributed by atoms with van der Waals surface area (Å²) < 4.78 is 6.55. The molecule has 2 aromatic heterocycles. The molecule has 0 saturated heterocycles. The Morgan fingerprint density at radius 2 is 1.61 bits per heavy atom. The monoisotopic (exact) mass is 829 g/mol. The van der Waals surface area contributed by atoms with Crippen molar-refractivity contribution in [2.75, 3.05) is 0 Å². The summed E-state index contributed by atoms with van der Waals surface area (Å²) in [5, 5.41) is 14.5. The van der Waals surface area contributed by atoms with Gasteiger partial charge in [0.1, 0.15) is 11.2 Å². The number of nitrogens with zero attached hydrogens (tertiary/aromatic N) is 1. The van der Waals surface area contributed by atoms with Crippen LogP contribution in [0.25, 0.3) is 55.1 Å². The molecule has 255 valence electrons. The first-order valence-corrected chi connectivity index (χ1v) is 17.4. The van der Waals surface area contributed by atoms with Crippen LogP contribution in [0.5, 0.6) is 0 Å². The first-order valence-electron chi connectivity index (χ1n) is 17.4. The molecule has 2 heterocycles. The number of fused-ring (bicyclic) bond motifs is 4. The Kier molecular flexibility index (Phi) is 11.0. The fraction of sp³-hybridized carbons (Fsp3) is 0.318. The van der Waals surface area contributed by atoms with Crippen LogP contribution in [0.2, 0.25) is 0 Å². The fourth-order valence-corrected chi connectivity index (χ4v) is 7.51. The van der Waals surface area contributed by atoms with E-state index >= 15 is 0 Å². The molecule has 6 aromatic rings. The first-order chi connectivity index (χ1) is 23.1. The number of aliphatic hydroxyl groups excluding tert-OH is 1. The van der Waals surface area contributed by atoms with Gasteiger partial charge in [-0.3, -0.25) is 4.79 Å². The number of carbonyl (C=O) groups is 1. The van der Waals surface area contributed by atoms with E-state index in [9.17, 15) is 9.90 Å². The van der Waals surface area contributed by atoms with Crippen molar-refractivity contribution in [1.29, 1.82) is 0 Å². The number of ketones is 1. The zero-order valence-corrected chi connectivity index (χ0v) is 32.0. The number of benzene rings is 4. The van der Waals surface area contributed by atoms with Crippen LogP contribution in [0.1, 0.15) is 83.9 Å². The number of hydrogen-bond acceptors (Lipinski definition) is 4. The maximum Gasteiger partial charge on any atom is 0.162 e. The Balaban J connectivity index is 0.000000252. The van der Waals surface area contributed by atoms with Gasteiger partial charge >= 0.3 is 0 Å². The second-order valence-corrected chi connectivity index (χ2v) is 13.6. The second kappa shape index (κ2) is 14.8. The Labute approximate surface area is 304 Å². The van der Waals surface area contributed by atoms with Crippen molar-refractivity contribution in [3.8, 4) is 22.4 Å². The van der Waals surface area contributed by atoms with Crippen molar-refractivity contribution in [2.24, 2.45) is 11.8 Å². The van der Waals surface area contributed by atoms with E-state index in [4.69, 9.17) is 9.40 Å². The summed E-state index contributed by atoms with van der Waals surface area (Å²) in [5.74, 6) is 0.547. The van der Waals surface area contributed by atoms with E-state index in [1.54, 1.807) is 0 Å². The third-order valence-corrected chi connectivity index (χ3v) is 10.3. The zero-order chi connectivity index (χ0) is 34.2. The van der Waals surface area contributed by atoms with Gasteiger partial charge in [0.2, 0.25) is 0 Å². The standard InChI is InChI=1S/C31H22NO.C13H24O2.Ir/c1-18-9-11-21-20(17-18)10-12-23-28(21)31(2,3)24-14-13-22(19-7-5-4-6-8-19)30-26(24)27-25(33-30)15-16-32-29(23)27;1-5-10(6-2)12(14)9-13(15)11(7-3)8-4;/h4-11,13-17H,1-3H3;9-11,14H,5-8H2,1-4H3;/q-1;;/b;12-9-;. The predicted octanol–water partition coefficient (Wildman–Crippen LogP) is 12.1.